The number of benzene rings is 2. The van der Waals surface area contributed by atoms with Gasteiger partial charge in [-0.05, 0) is 56.0 Å². The molecule has 0 spiro atoms. The highest BCUT2D eigenvalue weighted by Crippen LogP contribution is 2.31. The molecule has 0 fully saturated rings. The molecule has 2 aromatic rings. The van der Waals surface area contributed by atoms with Gasteiger partial charge in [0.15, 0.2) is 0 Å². The molecule has 0 saturated carbocycles. The van der Waals surface area contributed by atoms with E-state index < -0.39 is 11.9 Å². The summed E-state index contributed by atoms with van der Waals surface area (Å²) in [4.78, 5) is 15.3. The van der Waals surface area contributed by atoms with E-state index in [1.165, 1.54) is 0 Å². The summed E-state index contributed by atoms with van der Waals surface area (Å²) >= 11 is 0. The molecule has 0 radical (unpaired) electrons. The number of carboxylic acids is 1. The van der Waals surface area contributed by atoms with Gasteiger partial charge in [0, 0.05) is 18.7 Å². The maximum atomic E-state index is 11.1. The molecule has 2 aromatic carbocycles. The van der Waals surface area contributed by atoms with Crippen molar-refractivity contribution in [2.24, 2.45) is 10.9 Å². The summed E-state index contributed by atoms with van der Waals surface area (Å²) in [5.74, 6) is 1.52. The zero-order chi connectivity index (χ0) is 23.3. The second kappa shape index (κ2) is 13.2. The molecule has 32 heavy (non-hydrogen) atoms. The largest absolute Gasteiger partial charge is 0.493 e. The quantitative estimate of drug-likeness (QED) is 0.254. The van der Waals surface area contributed by atoms with Crippen molar-refractivity contribution in [2.75, 3.05) is 20.3 Å². The van der Waals surface area contributed by atoms with Crippen molar-refractivity contribution in [1.29, 1.82) is 0 Å². The van der Waals surface area contributed by atoms with Crippen LogP contribution >= 0.6 is 0 Å². The van der Waals surface area contributed by atoms with Gasteiger partial charge in [0.05, 0.1) is 18.3 Å². The van der Waals surface area contributed by atoms with Crippen molar-refractivity contribution in [2.45, 2.75) is 40.0 Å². The maximum Gasteiger partial charge on any atom is 0.310 e. The first-order valence-corrected chi connectivity index (χ1v) is 11.0. The highest BCUT2D eigenvalue weighted by molar-refractivity contribution is 5.94. The molecule has 1 aliphatic heterocycles. The minimum absolute atomic E-state index is 0.196. The van der Waals surface area contributed by atoms with E-state index in [-0.39, 0.29) is 6.61 Å². The first kappa shape index (κ1) is 25.0. The Morgan fingerprint density at radius 3 is 2.66 bits per heavy atom. The Kier molecular flexibility index (Phi) is 10.3. The lowest BCUT2D eigenvalue weighted by Gasteiger charge is -2.23. The highest BCUT2D eigenvalue weighted by atomic mass is 16.5. The van der Waals surface area contributed by atoms with Crippen LogP contribution in [0.3, 0.4) is 0 Å². The molecule has 1 unspecified atom stereocenters. The molecule has 6 heteroatoms. The number of aliphatic imine (C=N–C) groups is 1. The fourth-order valence-electron chi connectivity index (χ4n) is 3.19. The predicted molar refractivity (Wildman–Crippen MR) is 127 cm³/mol. The first-order valence-electron chi connectivity index (χ1n) is 11.0. The number of carboxylic acid groups (broad SMARTS) is 1. The average molecular weight is 440 g/mol. The molecule has 0 bridgehead atoms. The zero-order valence-electron chi connectivity index (χ0n) is 19.3. The first-order chi connectivity index (χ1) is 15.6. The average Bonchev–Trinajstić information content (AvgIpc) is 2.83. The van der Waals surface area contributed by atoms with Gasteiger partial charge in [0.1, 0.15) is 18.1 Å². The second-order valence-corrected chi connectivity index (χ2v) is 7.12. The van der Waals surface area contributed by atoms with Crippen LogP contribution in [-0.4, -0.2) is 37.2 Å². The van der Waals surface area contributed by atoms with Crippen LogP contribution in [0.25, 0.3) is 0 Å². The van der Waals surface area contributed by atoms with Gasteiger partial charge in [-0.2, -0.15) is 0 Å². The van der Waals surface area contributed by atoms with Crippen molar-refractivity contribution in [3.05, 3.63) is 71.5 Å². The number of hydrogen-bond donors (Lipinski definition) is 1. The molecule has 0 saturated heterocycles. The minimum Gasteiger partial charge on any atom is -0.493 e. The number of rotatable bonds is 8. The third kappa shape index (κ3) is 7.45. The van der Waals surface area contributed by atoms with Gasteiger partial charge in [-0.1, -0.05) is 38.1 Å². The lowest BCUT2D eigenvalue weighted by Crippen LogP contribution is -2.27. The molecule has 1 atom stereocenters. The van der Waals surface area contributed by atoms with Gasteiger partial charge in [0.2, 0.25) is 5.90 Å². The third-order valence-electron chi connectivity index (χ3n) is 4.82. The number of carbonyl (C=O) groups is 1. The number of hydrogen-bond acceptors (Lipinski definition) is 5. The summed E-state index contributed by atoms with van der Waals surface area (Å²) in [6, 6.07) is 15.4. The topological polar surface area (TPSA) is 77.3 Å². The molecule has 1 aliphatic rings. The molecular formula is C26H33NO5. The van der Waals surface area contributed by atoms with Crippen molar-refractivity contribution in [1.82, 2.24) is 0 Å². The van der Waals surface area contributed by atoms with E-state index >= 15 is 0 Å². The van der Waals surface area contributed by atoms with Crippen LogP contribution in [0, 0.1) is 5.92 Å². The van der Waals surface area contributed by atoms with Gasteiger partial charge >= 0.3 is 5.97 Å². The zero-order valence-corrected chi connectivity index (χ0v) is 19.3. The number of aliphatic carboxylic acids is 1. The molecule has 1 heterocycles. The van der Waals surface area contributed by atoms with Crippen LogP contribution in [0.4, 0.5) is 0 Å². The smallest absolute Gasteiger partial charge is 0.310 e. The number of allylic oxidation sites excluding steroid dienone is 2. The Morgan fingerprint density at radius 1 is 1.22 bits per heavy atom. The Balaban J connectivity index is 0.00000176. The number of unbranched alkanes of at least 4 members (excludes halogenated alkanes) is 1. The molecule has 0 aromatic heterocycles. The maximum absolute atomic E-state index is 11.1. The normalized spacial score (nSPS) is 15.6. The lowest BCUT2D eigenvalue weighted by atomic mass is 9.97. The van der Waals surface area contributed by atoms with E-state index in [1.54, 1.807) is 7.05 Å². The minimum atomic E-state index is -0.825. The molecule has 3 rings (SSSR count). The van der Waals surface area contributed by atoms with Gasteiger partial charge in [-0.25, -0.2) is 0 Å². The summed E-state index contributed by atoms with van der Waals surface area (Å²) in [7, 11) is 1.72. The Hall–Kier alpha value is -3.28. The van der Waals surface area contributed by atoms with Gasteiger partial charge in [0.25, 0.3) is 0 Å². The van der Waals surface area contributed by atoms with E-state index in [2.05, 4.69) is 4.99 Å². The Labute approximate surface area is 190 Å². The van der Waals surface area contributed by atoms with Crippen LogP contribution in [0.2, 0.25) is 0 Å². The molecule has 172 valence electrons. The monoisotopic (exact) mass is 439 g/mol. The fourth-order valence-corrected chi connectivity index (χ4v) is 3.19. The summed E-state index contributed by atoms with van der Waals surface area (Å²) < 4.78 is 17.2. The van der Waals surface area contributed by atoms with Crippen LogP contribution in [-0.2, 0) is 16.0 Å². The summed E-state index contributed by atoms with van der Waals surface area (Å²) in [6.45, 7) is 6.68. The summed E-state index contributed by atoms with van der Waals surface area (Å²) in [5.41, 5.74) is 1.85. The highest BCUT2D eigenvalue weighted by Gasteiger charge is 2.25. The fraction of sp³-hybridized carbons (Fsp3) is 0.385. The van der Waals surface area contributed by atoms with E-state index in [4.69, 9.17) is 19.3 Å². The number of nitrogens with zero attached hydrogens (tertiary/aromatic N) is 1. The van der Waals surface area contributed by atoms with Crippen LogP contribution in [0.15, 0.2) is 65.4 Å². The molecule has 1 N–H and O–H groups in total. The van der Waals surface area contributed by atoms with E-state index in [9.17, 15) is 4.79 Å². The molecular weight excluding hydrogens is 406 g/mol. The standard InChI is InChI=1S/C24H27NO5.C2H6/c1-17(30-23(25-2)18-9-4-3-5-10-18)8-6-7-13-28-21-12-11-19-14-20(24(26)27)16-29-22(19)15-21;1-2/h3-5,8-12,15,20H,6-7,13-14,16H2,1-2H3,(H,26,27);1-2H3/b17-8+,25-23?;. The van der Waals surface area contributed by atoms with Crippen LogP contribution < -0.4 is 9.47 Å². The Bertz CT molecular complexity index is 921. The van der Waals surface area contributed by atoms with Crippen molar-refractivity contribution in [3.63, 3.8) is 0 Å². The Morgan fingerprint density at radius 2 is 1.97 bits per heavy atom. The van der Waals surface area contributed by atoms with E-state index in [0.717, 1.165) is 35.5 Å². The molecule has 0 amide bonds. The molecule has 6 nitrogen and oxygen atoms in total. The van der Waals surface area contributed by atoms with Crippen LogP contribution in [0.5, 0.6) is 11.5 Å². The lowest BCUT2D eigenvalue weighted by molar-refractivity contribution is -0.143. The summed E-state index contributed by atoms with van der Waals surface area (Å²) in [5, 5.41) is 9.12. The molecule has 0 aliphatic carbocycles. The van der Waals surface area contributed by atoms with E-state index in [0.29, 0.717) is 24.7 Å². The summed E-state index contributed by atoms with van der Waals surface area (Å²) in [6.07, 6.45) is 4.17. The van der Waals surface area contributed by atoms with Crippen molar-refractivity contribution >= 4 is 11.9 Å². The number of ether oxygens (including phenoxy) is 3. The van der Waals surface area contributed by atoms with Crippen molar-refractivity contribution < 1.29 is 24.1 Å². The van der Waals surface area contributed by atoms with Crippen molar-refractivity contribution in [3.8, 4) is 11.5 Å². The third-order valence-corrected chi connectivity index (χ3v) is 4.82. The number of fused-ring (bicyclic) bond motifs is 1. The van der Waals surface area contributed by atoms with E-state index in [1.807, 2.05) is 75.4 Å². The second-order valence-electron chi connectivity index (χ2n) is 7.12. The van der Waals surface area contributed by atoms with Gasteiger partial charge < -0.3 is 19.3 Å². The predicted octanol–water partition coefficient (Wildman–Crippen LogP) is 5.50. The SMILES string of the molecule is CC.CN=C(O/C(C)=C/CCCOc1ccc2c(c1)OCC(C(=O)O)C2)c1ccccc1. The van der Waals surface area contributed by atoms with Crippen LogP contribution in [0.1, 0.15) is 44.7 Å². The van der Waals surface area contributed by atoms with Gasteiger partial charge in [-0.15, -0.1) is 0 Å². The van der Waals surface area contributed by atoms with Gasteiger partial charge in [-0.3, -0.25) is 9.79 Å².